The lowest BCUT2D eigenvalue weighted by atomic mass is 10.2. The van der Waals surface area contributed by atoms with Crippen molar-refractivity contribution in [2.45, 2.75) is 6.42 Å². The number of nitrogens with zero attached hydrogens (tertiary/aromatic N) is 2. The minimum Gasteiger partial charge on any atom is -0.491 e. The van der Waals surface area contributed by atoms with Crippen LogP contribution in [0.2, 0.25) is 0 Å². The molecule has 0 spiro atoms. The number of ether oxygens (including phenoxy) is 1. The van der Waals surface area contributed by atoms with Gasteiger partial charge in [-0.3, -0.25) is 4.98 Å². The van der Waals surface area contributed by atoms with E-state index in [1.54, 1.807) is 6.20 Å². The van der Waals surface area contributed by atoms with Gasteiger partial charge in [0, 0.05) is 11.9 Å². The molecule has 0 saturated heterocycles. The molecule has 2 aromatic rings. The lowest BCUT2D eigenvalue weighted by Gasteiger charge is -2.13. The minimum atomic E-state index is 0.596. The van der Waals surface area contributed by atoms with E-state index in [1.807, 2.05) is 24.3 Å². The zero-order valence-corrected chi connectivity index (χ0v) is 10.9. The summed E-state index contributed by atoms with van der Waals surface area (Å²) < 4.78 is 5.81. The Kier molecular flexibility index (Phi) is 3.99. The summed E-state index contributed by atoms with van der Waals surface area (Å²) in [5.74, 6) is 0.749. The lowest BCUT2D eigenvalue weighted by Crippen LogP contribution is -2.15. The number of aromatic nitrogens is 1. The molecule has 2 rings (SSSR count). The number of benzene rings is 1. The van der Waals surface area contributed by atoms with Crippen LogP contribution in [0.4, 0.5) is 5.69 Å². The van der Waals surface area contributed by atoms with Crippen LogP contribution in [-0.4, -0.2) is 37.1 Å². The number of nitrogen functional groups attached to an aromatic ring is 1. The standard InChI is InChI=1S/C14H19N3O/c1-17(2)8-5-9-18-14-11-6-3-4-7-13(11)16-10-12(14)15/h3-4,6-7,10H,5,8-9,15H2,1-2H3. The highest BCUT2D eigenvalue weighted by Gasteiger charge is 2.07. The molecule has 0 unspecified atom stereocenters. The molecule has 18 heavy (non-hydrogen) atoms. The number of anilines is 1. The van der Waals surface area contributed by atoms with E-state index in [0.717, 1.165) is 29.6 Å². The SMILES string of the molecule is CN(C)CCCOc1c(N)cnc2ccccc12. The van der Waals surface area contributed by atoms with Crippen LogP contribution in [0.3, 0.4) is 0 Å². The van der Waals surface area contributed by atoms with Gasteiger partial charge in [-0.25, -0.2) is 0 Å². The third-order valence-corrected chi connectivity index (χ3v) is 2.75. The fraction of sp³-hybridized carbons (Fsp3) is 0.357. The maximum absolute atomic E-state index is 5.93. The fourth-order valence-corrected chi connectivity index (χ4v) is 1.85. The first-order valence-corrected chi connectivity index (χ1v) is 6.09. The fourth-order valence-electron chi connectivity index (χ4n) is 1.85. The molecule has 1 aromatic heterocycles. The Hall–Kier alpha value is -1.81. The Morgan fingerprint density at radius 3 is 2.83 bits per heavy atom. The van der Waals surface area contributed by atoms with Gasteiger partial charge in [-0.15, -0.1) is 0 Å². The van der Waals surface area contributed by atoms with Crippen molar-refractivity contribution in [3.63, 3.8) is 0 Å². The molecule has 0 amide bonds. The molecular formula is C14H19N3O. The number of pyridine rings is 1. The first kappa shape index (κ1) is 12.6. The van der Waals surface area contributed by atoms with E-state index in [-0.39, 0.29) is 0 Å². The second-order valence-corrected chi connectivity index (χ2v) is 4.57. The Morgan fingerprint density at radius 2 is 2.06 bits per heavy atom. The Bertz CT molecular complexity index is 525. The van der Waals surface area contributed by atoms with Gasteiger partial charge in [-0.2, -0.15) is 0 Å². The van der Waals surface area contributed by atoms with Gasteiger partial charge in [0.05, 0.1) is 24.0 Å². The molecule has 4 heteroatoms. The lowest BCUT2D eigenvalue weighted by molar-refractivity contribution is 0.285. The molecule has 1 aromatic carbocycles. The molecule has 0 fully saturated rings. The van der Waals surface area contributed by atoms with Crippen molar-refractivity contribution < 1.29 is 4.74 Å². The van der Waals surface area contributed by atoms with E-state index >= 15 is 0 Å². The van der Waals surface area contributed by atoms with Gasteiger partial charge < -0.3 is 15.4 Å². The predicted octanol–water partition coefficient (Wildman–Crippen LogP) is 2.15. The van der Waals surface area contributed by atoms with Crippen LogP contribution in [-0.2, 0) is 0 Å². The van der Waals surface area contributed by atoms with Gasteiger partial charge in [0.1, 0.15) is 0 Å². The van der Waals surface area contributed by atoms with Crippen LogP contribution in [0.15, 0.2) is 30.5 Å². The molecule has 4 nitrogen and oxygen atoms in total. The van der Waals surface area contributed by atoms with Gasteiger partial charge in [-0.05, 0) is 32.6 Å². The van der Waals surface area contributed by atoms with Crippen LogP contribution in [0, 0.1) is 0 Å². The van der Waals surface area contributed by atoms with E-state index in [1.165, 1.54) is 0 Å². The second kappa shape index (κ2) is 5.69. The van der Waals surface area contributed by atoms with Gasteiger partial charge >= 0.3 is 0 Å². The van der Waals surface area contributed by atoms with Crippen LogP contribution >= 0.6 is 0 Å². The zero-order valence-electron chi connectivity index (χ0n) is 10.9. The average molecular weight is 245 g/mol. The normalized spacial score (nSPS) is 11.1. The molecule has 0 radical (unpaired) electrons. The van der Waals surface area contributed by atoms with Crippen molar-refractivity contribution >= 4 is 16.6 Å². The minimum absolute atomic E-state index is 0.596. The summed E-state index contributed by atoms with van der Waals surface area (Å²) in [7, 11) is 4.10. The van der Waals surface area contributed by atoms with Crippen molar-refractivity contribution in [3.8, 4) is 5.75 Å². The van der Waals surface area contributed by atoms with Gasteiger partial charge in [-0.1, -0.05) is 12.1 Å². The molecule has 0 saturated carbocycles. The second-order valence-electron chi connectivity index (χ2n) is 4.57. The summed E-state index contributed by atoms with van der Waals surface area (Å²) in [6, 6.07) is 7.87. The summed E-state index contributed by atoms with van der Waals surface area (Å²) in [4.78, 5) is 6.42. The number of para-hydroxylation sites is 1. The highest BCUT2D eigenvalue weighted by Crippen LogP contribution is 2.29. The zero-order chi connectivity index (χ0) is 13.0. The largest absolute Gasteiger partial charge is 0.491 e. The van der Waals surface area contributed by atoms with Gasteiger partial charge in [0.25, 0.3) is 0 Å². The highest BCUT2D eigenvalue weighted by molar-refractivity contribution is 5.89. The van der Waals surface area contributed by atoms with E-state index in [2.05, 4.69) is 24.0 Å². The molecule has 96 valence electrons. The monoisotopic (exact) mass is 245 g/mol. The van der Waals surface area contributed by atoms with Crippen LogP contribution in [0.1, 0.15) is 6.42 Å². The molecule has 2 N–H and O–H groups in total. The summed E-state index contributed by atoms with van der Waals surface area (Å²) in [6.45, 7) is 1.67. The number of hydrogen-bond acceptors (Lipinski definition) is 4. The van der Waals surface area contributed by atoms with E-state index in [9.17, 15) is 0 Å². The number of nitrogens with two attached hydrogens (primary N) is 1. The molecular weight excluding hydrogens is 226 g/mol. The Labute approximate surface area is 107 Å². The third-order valence-electron chi connectivity index (χ3n) is 2.75. The quantitative estimate of drug-likeness (QED) is 0.820. The summed E-state index contributed by atoms with van der Waals surface area (Å²) in [6.07, 6.45) is 2.63. The van der Waals surface area contributed by atoms with Gasteiger partial charge in [0.2, 0.25) is 0 Å². The van der Waals surface area contributed by atoms with Crippen molar-refractivity contribution in [2.75, 3.05) is 33.0 Å². The summed E-state index contributed by atoms with van der Waals surface area (Å²) in [5.41, 5.74) is 7.44. The maximum Gasteiger partial charge on any atom is 0.153 e. The Morgan fingerprint density at radius 1 is 1.28 bits per heavy atom. The van der Waals surface area contributed by atoms with E-state index in [0.29, 0.717) is 12.3 Å². The first-order valence-electron chi connectivity index (χ1n) is 6.09. The number of hydrogen-bond donors (Lipinski definition) is 1. The van der Waals surface area contributed by atoms with Gasteiger partial charge in [0.15, 0.2) is 5.75 Å². The van der Waals surface area contributed by atoms with E-state index in [4.69, 9.17) is 10.5 Å². The van der Waals surface area contributed by atoms with Crippen LogP contribution in [0.25, 0.3) is 10.9 Å². The van der Waals surface area contributed by atoms with Crippen molar-refractivity contribution in [2.24, 2.45) is 0 Å². The number of fused-ring (bicyclic) bond motifs is 1. The van der Waals surface area contributed by atoms with Crippen molar-refractivity contribution in [3.05, 3.63) is 30.5 Å². The van der Waals surface area contributed by atoms with Crippen molar-refractivity contribution in [1.29, 1.82) is 0 Å². The predicted molar refractivity (Wildman–Crippen MR) is 74.8 cm³/mol. The third kappa shape index (κ3) is 2.90. The molecule has 0 aliphatic heterocycles. The topological polar surface area (TPSA) is 51.4 Å². The van der Waals surface area contributed by atoms with Crippen LogP contribution in [0.5, 0.6) is 5.75 Å². The molecule has 0 aliphatic rings. The maximum atomic E-state index is 5.93. The molecule has 0 bridgehead atoms. The molecule has 0 aliphatic carbocycles. The van der Waals surface area contributed by atoms with Crippen LogP contribution < -0.4 is 10.5 Å². The number of rotatable bonds is 5. The highest BCUT2D eigenvalue weighted by atomic mass is 16.5. The Balaban J connectivity index is 2.14. The molecule has 1 heterocycles. The average Bonchev–Trinajstić information content (AvgIpc) is 2.36. The summed E-state index contributed by atoms with van der Waals surface area (Å²) in [5, 5.41) is 0.974. The smallest absolute Gasteiger partial charge is 0.153 e. The van der Waals surface area contributed by atoms with E-state index < -0.39 is 0 Å². The molecule has 0 atom stereocenters. The summed E-state index contributed by atoms with van der Waals surface area (Å²) >= 11 is 0. The first-order chi connectivity index (χ1) is 8.68. The van der Waals surface area contributed by atoms with Crippen molar-refractivity contribution in [1.82, 2.24) is 9.88 Å².